The summed E-state index contributed by atoms with van der Waals surface area (Å²) < 4.78 is 37.4. The number of hydrogen-bond donors (Lipinski definition) is 4. The first-order chi connectivity index (χ1) is 7.83. The van der Waals surface area contributed by atoms with E-state index in [2.05, 4.69) is 5.43 Å². The minimum absolute atomic E-state index is 0.0390. The second-order valence-corrected chi connectivity index (χ2v) is 3.59. The molecule has 0 bridgehead atoms. The Morgan fingerprint density at radius 2 is 1.82 bits per heavy atom. The second-order valence-electron chi connectivity index (χ2n) is 3.59. The molecule has 7 heteroatoms. The molecule has 0 aliphatic carbocycles. The van der Waals surface area contributed by atoms with E-state index in [0.29, 0.717) is 6.08 Å². The van der Waals surface area contributed by atoms with Crippen LogP contribution in [-0.4, -0.2) is 22.1 Å². The van der Waals surface area contributed by atoms with Gasteiger partial charge in [-0.1, -0.05) is 12.1 Å². The number of phenols is 1. The summed E-state index contributed by atoms with van der Waals surface area (Å²) in [7, 11) is 0. The van der Waals surface area contributed by atoms with Crippen LogP contribution >= 0.6 is 0 Å². The van der Waals surface area contributed by atoms with Crippen LogP contribution in [0.15, 0.2) is 30.3 Å². The average Bonchev–Trinajstić information content (AvgIpc) is 2.62. The summed E-state index contributed by atoms with van der Waals surface area (Å²) in [4.78, 5) is 0. The van der Waals surface area contributed by atoms with Gasteiger partial charge >= 0.3 is 6.18 Å². The molecule has 0 amide bonds. The monoisotopic (exact) mass is 246 g/mol. The van der Waals surface area contributed by atoms with Crippen LogP contribution < -0.4 is 10.9 Å². The largest absolute Gasteiger partial charge is 0.507 e. The van der Waals surface area contributed by atoms with Crippen LogP contribution in [-0.2, 0) is 0 Å². The molecule has 0 saturated carbocycles. The van der Waals surface area contributed by atoms with Gasteiger partial charge in [0.1, 0.15) is 5.75 Å². The second kappa shape index (κ2) is 3.64. The number of halogens is 3. The normalized spacial score (nSPS) is 24.4. The van der Waals surface area contributed by atoms with Crippen LogP contribution in [0.3, 0.4) is 0 Å². The molecule has 1 atom stereocenters. The van der Waals surface area contributed by atoms with Crippen LogP contribution in [0.25, 0.3) is 5.70 Å². The van der Waals surface area contributed by atoms with E-state index in [1.807, 2.05) is 0 Å². The van der Waals surface area contributed by atoms with Crippen LogP contribution in [0.1, 0.15) is 5.56 Å². The molecule has 0 aromatic heterocycles. The highest BCUT2D eigenvalue weighted by atomic mass is 19.4. The zero-order valence-corrected chi connectivity index (χ0v) is 8.42. The topological polar surface area (TPSA) is 64.5 Å². The van der Waals surface area contributed by atoms with Gasteiger partial charge in [0.25, 0.3) is 5.72 Å². The SMILES string of the molecule is Oc1ccccc1C1=CC(O)(C(F)(F)F)NN1. The van der Waals surface area contributed by atoms with Crippen molar-refractivity contribution in [2.75, 3.05) is 0 Å². The third kappa shape index (κ3) is 1.94. The Morgan fingerprint density at radius 1 is 1.18 bits per heavy atom. The molecule has 1 unspecified atom stereocenters. The fraction of sp³-hybridized carbons (Fsp3) is 0.200. The van der Waals surface area contributed by atoms with E-state index in [-0.39, 0.29) is 17.0 Å². The van der Waals surface area contributed by atoms with Crippen LogP contribution in [0.4, 0.5) is 13.2 Å². The lowest BCUT2D eigenvalue weighted by atomic mass is 10.1. The van der Waals surface area contributed by atoms with E-state index < -0.39 is 11.9 Å². The fourth-order valence-corrected chi connectivity index (χ4v) is 1.44. The molecule has 17 heavy (non-hydrogen) atoms. The van der Waals surface area contributed by atoms with Crippen LogP contribution in [0, 0.1) is 0 Å². The predicted octanol–water partition coefficient (Wildman–Crippen LogP) is 1.09. The molecule has 0 saturated heterocycles. The maximum absolute atomic E-state index is 12.5. The Hall–Kier alpha value is -1.73. The lowest BCUT2D eigenvalue weighted by Gasteiger charge is -2.23. The van der Waals surface area contributed by atoms with Crippen molar-refractivity contribution in [3.63, 3.8) is 0 Å². The Balaban J connectivity index is 2.39. The Bertz CT molecular complexity index is 473. The summed E-state index contributed by atoms with van der Waals surface area (Å²) in [5.41, 5.74) is 0.911. The smallest absolute Gasteiger partial charge is 0.436 e. The Morgan fingerprint density at radius 3 is 2.35 bits per heavy atom. The fourth-order valence-electron chi connectivity index (χ4n) is 1.44. The van der Waals surface area contributed by atoms with E-state index in [4.69, 9.17) is 0 Å². The summed E-state index contributed by atoms with van der Waals surface area (Å²) in [6.45, 7) is 0. The summed E-state index contributed by atoms with van der Waals surface area (Å²) in [5, 5.41) is 18.8. The van der Waals surface area contributed by atoms with Crippen molar-refractivity contribution in [2.24, 2.45) is 0 Å². The zero-order valence-electron chi connectivity index (χ0n) is 8.42. The molecule has 4 N–H and O–H groups in total. The minimum atomic E-state index is -4.86. The molecule has 1 aromatic rings. The van der Waals surface area contributed by atoms with E-state index in [0.717, 1.165) is 0 Å². The summed E-state index contributed by atoms with van der Waals surface area (Å²) >= 11 is 0. The van der Waals surface area contributed by atoms with E-state index >= 15 is 0 Å². The highest BCUT2D eigenvalue weighted by Crippen LogP contribution is 2.35. The third-order valence-corrected chi connectivity index (χ3v) is 2.37. The molecule has 2 rings (SSSR count). The van der Waals surface area contributed by atoms with Gasteiger partial charge in [-0.15, -0.1) is 0 Å². The third-order valence-electron chi connectivity index (χ3n) is 2.37. The highest BCUT2D eigenvalue weighted by molar-refractivity contribution is 5.71. The van der Waals surface area contributed by atoms with Gasteiger partial charge in [0.2, 0.25) is 0 Å². The number of hydrogen-bond acceptors (Lipinski definition) is 4. The van der Waals surface area contributed by atoms with Gasteiger partial charge in [-0.05, 0) is 18.2 Å². The molecule has 0 fully saturated rings. The first-order valence-electron chi connectivity index (χ1n) is 4.67. The summed E-state index contributed by atoms with van der Waals surface area (Å²) in [5.74, 6) is -0.181. The molecular weight excluding hydrogens is 237 g/mol. The van der Waals surface area contributed by atoms with Gasteiger partial charge < -0.3 is 15.6 Å². The first-order valence-corrected chi connectivity index (χ1v) is 4.67. The molecule has 4 nitrogen and oxygen atoms in total. The molecular formula is C10H9F3N2O2. The maximum atomic E-state index is 12.5. The van der Waals surface area contributed by atoms with E-state index in [1.165, 1.54) is 18.2 Å². The first kappa shape index (κ1) is 11.7. The summed E-state index contributed by atoms with van der Waals surface area (Å²) in [6, 6.07) is 5.86. The molecule has 0 radical (unpaired) electrons. The van der Waals surface area contributed by atoms with Crippen molar-refractivity contribution < 1.29 is 23.4 Å². The van der Waals surface area contributed by atoms with Gasteiger partial charge in [0.05, 0.1) is 5.70 Å². The number of alkyl halides is 3. The van der Waals surface area contributed by atoms with Crippen molar-refractivity contribution in [2.45, 2.75) is 11.9 Å². The van der Waals surface area contributed by atoms with Gasteiger partial charge in [0, 0.05) is 5.56 Å². The summed E-state index contributed by atoms with van der Waals surface area (Å²) in [6.07, 6.45) is -4.28. The molecule has 92 valence electrons. The highest BCUT2D eigenvalue weighted by Gasteiger charge is 2.55. The molecule has 1 aromatic carbocycles. The van der Waals surface area contributed by atoms with E-state index in [1.54, 1.807) is 11.5 Å². The van der Waals surface area contributed by atoms with Gasteiger partial charge in [-0.2, -0.15) is 18.6 Å². The number of phenolic OH excluding ortho intramolecular Hbond substituents is 1. The molecule has 0 spiro atoms. The number of para-hydroxylation sites is 1. The van der Waals surface area contributed by atoms with Gasteiger partial charge in [-0.25, -0.2) is 0 Å². The van der Waals surface area contributed by atoms with Gasteiger partial charge in [0.15, 0.2) is 0 Å². The van der Waals surface area contributed by atoms with Crippen molar-refractivity contribution in [1.29, 1.82) is 0 Å². The maximum Gasteiger partial charge on any atom is 0.436 e. The number of aliphatic hydroxyl groups is 1. The van der Waals surface area contributed by atoms with Crippen molar-refractivity contribution in [3.8, 4) is 5.75 Å². The Kier molecular flexibility index (Phi) is 2.52. The lowest BCUT2D eigenvalue weighted by molar-refractivity contribution is -0.250. The number of benzene rings is 1. The standard InChI is InChI=1S/C10H9F3N2O2/c11-10(12,13)9(17)5-7(14-15-9)6-3-1-2-4-8(6)16/h1-5,14-17H. The average molecular weight is 246 g/mol. The van der Waals surface area contributed by atoms with Crippen molar-refractivity contribution in [3.05, 3.63) is 35.9 Å². The number of hydrazine groups is 1. The van der Waals surface area contributed by atoms with Crippen molar-refractivity contribution >= 4 is 5.70 Å². The molecule has 1 heterocycles. The molecule has 1 aliphatic heterocycles. The molecule has 1 aliphatic rings. The Labute approximate surface area is 94.4 Å². The van der Waals surface area contributed by atoms with E-state index in [9.17, 15) is 23.4 Å². The lowest BCUT2D eigenvalue weighted by Crippen LogP contribution is -2.55. The number of rotatable bonds is 1. The number of aromatic hydroxyl groups is 1. The quantitative estimate of drug-likeness (QED) is 0.599. The van der Waals surface area contributed by atoms with Crippen LogP contribution in [0.5, 0.6) is 5.75 Å². The van der Waals surface area contributed by atoms with Crippen molar-refractivity contribution in [1.82, 2.24) is 10.9 Å². The minimum Gasteiger partial charge on any atom is -0.507 e. The zero-order chi connectivity index (χ0) is 12.7. The van der Waals surface area contributed by atoms with Crippen LogP contribution in [0.2, 0.25) is 0 Å². The number of nitrogens with one attached hydrogen (secondary N) is 2. The predicted molar refractivity (Wildman–Crippen MR) is 53.4 cm³/mol. The van der Waals surface area contributed by atoms with Gasteiger partial charge in [-0.3, -0.25) is 0 Å².